The highest BCUT2D eigenvalue weighted by molar-refractivity contribution is 5.89. The molecule has 1 aromatic carbocycles. The van der Waals surface area contributed by atoms with E-state index in [2.05, 4.69) is 43.0 Å². The number of carbonyl (C=O) groups excluding carboxylic acids is 1. The van der Waals surface area contributed by atoms with Crippen molar-refractivity contribution in [3.63, 3.8) is 0 Å². The number of fused-ring (bicyclic) bond motifs is 5. The Balaban J connectivity index is 1.54. The molecule has 3 nitrogen and oxygen atoms in total. The minimum absolute atomic E-state index is 0.0824. The second kappa shape index (κ2) is 7.14. The molecule has 3 aliphatic carbocycles. The summed E-state index contributed by atoms with van der Waals surface area (Å²) in [5.41, 5.74) is 1.96. The highest BCUT2D eigenvalue weighted by Crippen LogP contribution is 2.65. The molecule has 2 unspecified atom stereocenters. The minimum atomic E-state index is 0.0824. The first-order chi connectivity index (χ1) is 14.4. The van der Waals surface area contributed by atoms with Crippen molar-refractivity contribution in [2.75, 3.05) is 14.2 Å². The summed E-state index contributed by atoms with van der Waals surface area (Å²) in [6, 6.07) is 8.82. The van der Waals surface area contributed by atoms with Gasteiger partial charge in [0.25, 0.3) is 0 Å². The van der Waals surface area contributed by atoms with Crippen LogP contribution in [0, 0.1) is 34.5 Å². The highest BCUT2D eigenvalue weighted by Gasteiger charge is 2.60. The molecule has 0 radical (unpaired) electrons. The van der Waals surface area contributed by atoms with Crippen LogP contribution in [0.25, 0.3) is 0 Å². The van der Waals surface area contributed by atoms with Crippen molar-refractivity contribution in [1.82, 2.24) is 4.90 Å². The first kappa shape index (κ1) is 20.2. The minimum Gasteiger partial charge on any atom is -0.497 e. The van der Waals surface area contributed by atoms with Crippen LogP contribution >= 0.6 is 0 Å². The number of benzene rings is 1. The van der Waals surface area contributed by atoms with Crippen LogP contribution in [-0.2, 0) is 11.2 Å². The van der Waals surface area contributed by atoms with Crippen molar-refractivity contribution >= 4 is 5.91 Å². The molecule has 30 heavy (non-hydrogen) atoms. The third kappa shape index (κ3) is 2.95. The van der Waals surface area contributed by atoms with Gasteiger partial charge in [0.2, 0.25) is 5.91 Å². The Morgan fingerprint density at radius 2 is 2.00 bits per heavy atom. The lowest BCUT2D eigenvalue weighted by Crippen LogP contribution is -2.63. The zero-order chi connectivity index (χ0) is 21.1. The molecule has 0 spiro atoms. The van der Waals surface area contributed by atoms with E-state index < -0.39 is 0 Å². The van der Waals surface area contributed by atoms with Gasteiger partial charge in [0.05, 0.1) is 7.11 Å². The van der Waals surface area contributed by atoms with E-state index in [1.807, 2.05) is 19.2 Å². The van der Waals surface area contributed by atoms with Crippen LogP contribution in [0.2, 0.25) is 0 Å². The second-order valence-electron chi connectivity index (χ2n) is 11.1. The van der Waals surface area contributed by atoms with Crippen LogP contribution in [0.1, 0.15) is 57.9 Å². The van der Waals surface area contributed by atoms with Crippen LogP contribution in [0.3, 0.4) is 0 Å². The van der Waals surface area contributed by atoms with Crippen molar-refractivity contribution in [2.24, 2.45) is 34.5 Å². The molecule has 1 heterocycles. The van der Waals surface area contributed by atoms with Crippen LogP contribution in [-0.4, -0.2) is 31.0 Å². The van der Waals surface area contributed by atoms with Crippen molar-refractivity contribution in [3.8, 4) is 5.75 Å². The molecule has 4 aliphatic rings. The molecule has 3 fully saturated rings. The molecular formula is C27H37NO2. The molecule has 1 aliphatic heterocycles. The molecule has 0 N–H and O–H groups in total. The molecule has 5 rings (SSSR count). The summed E-state index contributed by atoms with van der Waals surface area (Å²) < 4.78 is 5.49. The standard InChI is InChI=1S/C27H37NO2/c1-26-12-6-9-22(26)21-17-19(15-18-7-5-8-20(16-18)30-4)25-27(2,23(21)10-13-26)14-11-24(29)28(25)3/h5,7-8,11,14,16,19,21-23,25H,6,9-10,12-13,15,17H2,1-4H3/t19?,21-,22-,23+,25?,26-,27+/m0/s1. The Hall–Kier alpha value is -1.77. The third-order valence-electron chi connectivity index (χ3n) is 9.66. The summed E-state index contributed by atoms with van der Waals surface area (Å²) in [4.78, 5) is 14.8. The van der Waals surface area contributed by atoms with Gasteiger partial charge in [-0.2, -0.15) is 0 Å². The maximum atomic E-state index is 12.7. The largest absolute Gasteiger partial charge is 0.497 e. The van der Waals surface area contributed by atoms with Crippen LogP contribution in [0.15, 0.2) is 36.4 Å². The molecular weight excluding hydrogens is 370 g/mol. The van der Waals surface area contributed by atoms with E-state index in [0.717, 1.165) is 24.0 Å². The molecule has 1 aromatic rings. The Kier molecular flexibility index (Phi) is 4.79. The highest BCUT2D eigenvalue weighted by atomic mass is 16.5. The summed E-state index contributed by atoms with van der Waals surface area (Å²) in [6.45, 7) is 5.03. The number of amides is 1. The molecule has 1 amide bonds. The first-order valence-corrected chi connectivity index (χ1v) is 11.9. The van der Waals surface area contributed by atoms with Crippen molar-refractivity contribution in [2.45, 2.75) is 64.8 Å². The number of hydrogen-bond acceptors (Lipinski definition) is 2. The molecule has 7 atom stereocenters. The summed E-state index contributed by atoms with van der Waals surface area (Å²) >= 11 is 0. The smallest absolute Gasteiger partial charge is 0.246 e. The monoisotopic (exact) mass is 407 g/mol. The van der Waals surface area contributed by atoms with E-state index >= 15 is 0 Å². The number of ether oxygens (including phenoxy) is 1. The number of hydrogen-bond donors (Lipinski definition) is 0. The normalized spacial score (nSPS) is 42.5. The Morgan fingerprint density at radius 1 is 1.17 bits per heavy atom. The lowest BCUT2D eigenvalue weighted by Gasteiger charge is -2.62. The fourth-order valence-electron chi connectivity index (χ4n) is 8.35. The summed E-state index contributed by atoms with van der Waals surface area (Å²) in [5, 5.41) is 0. The summed E-state index contributed by atoms with van der Waals surface area (Å²) in [7, 11) is 3.78. The molecule has 3 heteroatoms. The van der Waals surface area contributed by atoms with Crippen molar-refractivity contribution in [1.29, 1.82) is 0 Å². The van der Waals surface area contributed by atoms with Gasteiger partial charge in [-0.15, -0.1) is 0 Å². The molecule has 162 valence electrons. The number of nitrogens with zero attached hydrogens (tertiary/aromatic N) is 1. The lowest BCUT2D eigenvalue weighted by molar-refractivity contribution is -0.144. The summed E-state index contributed by atoms with van der Waals surface area (Å²) in [5.74, 6) is 3.94. The predicted molar refractivity (Wildman–Crippen MR) is 120 cm³/mol. The second-order valence-corrected chi connectivity index (χ2v) is 11.1. The van der Waals surface area contributed by atoms with Gasteiger partial charge in [-0.3, -0.25) is 4.79 Å². The summed E-state index contributed by atoms with van der Waals surface area (Å²) in [6.07, 6.45) is 13.4. The van der Waals surface area contributed by atoms with Crippen LogP contribution < -0.4 is 4.74 Å². The van der Waals surface area contributed by atoms with Gasteiger partial charge in [0, 0.05) is 18.5 Å². The third-order valence-corrected chi connectivity index (χ3v) is 9.66. The number of rotatable bonds is 3. The number of likely N-dealkylation sites (N-methyl/N-ethyl adjacent to an activating group) is 1. The SMILES string of the molecule is COc1cccc(CC2C[C@@H]3[C@@H](CC[C@]4(C)CCC[C@@H]34)[C@@]3(C)C=CC(=O)N(C)C23)c1. The van der Waals surface area contributed by atoms with E-state index in [4.69, 9.17) is 4.74 Å². The van der Waals surface area contributed by atoms with E-state index in [1.54, 1.807) is 7.11 Å². The van der Waals surface area contributed by atoms with Crippen LogP contribution in [0.5, 0.6) is 5.75 Å². The first-order valence-electron chi connectivity index (χ1n) is 11.9. The zero-order valence-corrected chi connectivity index (χ0v) is 19.1. The fourth-order valence-corrected chi connectivity index (χ4v) is 8.35. The fraction of sp³-hybridized carbons (Fsp3) is 0.667. The molecule has 0 saturated heterocycles. The van der Waals surface area contributed by atoms with Gasteiger partial charge in [-0.05, 0) is 91.4 Å². The molecule has 0 aromatic heterocycles. The average molecular weight is 408 g/mol. The van der Waals surface area contributed by atoms with Gasteiger partial charge in [0.15, 0.2) is 0 Å². The quantitative estimate of drug-likeness (QED) is 0.663. The topological polar surface area (TPSA) is 29.5 Å². The van der Waals surface area contributed by atoms with Gasteiger partial charge in [-0.1, -0.05) is 38.5 Å². The Labute approximate surface area is 181 Å². The number of methoxy groups -OCH3 is 1. The average Bonchev–Trinajstić information content (AvgIpc) is 3.13. The Morgan fingerprint density at radius 3 is 2.80 bits per heavy atom. The van der Waals surface area contributed by atoms with E-state index in [1.165, 1.54) is 44.1 Å². The predicted octanol–water partition coefficient (Wildman–Crippen LogP) is 5.49. The van der Waals surface area contributed by atoms with Gasteiger partial charge in [0.1, 0.15) is 5.75 Å². The van der Waals surface area contributed by atoms with E-state index in [0.29, 0.717) is 17.3 Å². The molecule has 0 bridgehead atoms. The van der Waals surface area contributed by atoms with Gasteiger partial charge >= 0.3 is 0 Å². The molecule has 3 saturated carbocycles. The maximum Gasteiger partial charge on any atom is 0.246 e. The maximum absolute atomic E-state index is 12.7. The zero-order valence-electron chi connectivity index (χ0n) is 19.1. The van der Waals surface area contributed by atoms with Crippen molar-refractivity contribution in [3.05, 3.63) is 42.0 Å². The number of carbonyl (C=O) groups is 1. The van der Waals surface area contributed by atoms with E-state index in [9.17, 15) is 4.79 Å². The van der Waals surface area contributed by atoms with Crippen LogP contribution in [0.4, 0.5) is 0 Å². The van der Waals surface area contributed by atoms with Gasteiger partial charge < -0.3 is 9.64 Å². The van der Waals surface area contributed by atoms with Crippen molar-refractivity contribution < 1.29 is 9.53 Å². The van der Waals surface area contributed by atoms with E-state index in [-0.39, 0.29) is 17.4 Å². The van der Waals surface area contributed by atoms with Gasteiger partial charge in [-0.25, -0.2) is 0 Å². The Bertz CT molecular complexity index is 862. The lowest BCUT2D eigenvalue weighted by atomic mass is 9.46.